The van der Waals surface area contributed by atoms with E-state index in [9.17, 15) is 10.1 Å². The third-order valence-corrected chi connectivity index (χ3v) is 5.99. The van der Waals surface area contributed by atoms with Gasteiger partial charge in [0.2, 0.25) is 0 Å². The van der Waals surface area contributed by atoms with Crippen molar-refractivity contribution in [3.63, 3.8) is 0 Å². The fraction of sp³-hybridized carbons (Fsp3) is 0.231. The standard InChI is InChI=1S/C13H12Br2N2O2S/c14-12-7-11(20-13(12)15)8-16-6-5-9-1-3-10(4-2-9)17(18)19/h1-4,7,16H,5-6,8H2. The Bertz CT molecular complexity index is 579. The van der Waals surface area contributed by atoms with Crippen molar-refractivity contribution < 1.29 is 4.92 Å². The number of hydrogen-bond acceptors (Lipinski definition) is 4. The summed E-state index contributed by atoms with van der Waals surface area (Å²) < 4.78 is 2.18. The highest BCUT2D eigenvalue weighted by Gasteiger charge is 2.05. The molecule has 1 N–H and O–H groups in total. The van der Waals surface area contributed by atoms with Crippen LogP contribution in [0.15, 0.2) is 38.6 Å². The first-order valence-electron chi connectivity index (χ1n) is 5.94. The van der Waals surface area contributed by atoms with E-state index >= 15 is 0 Å². The first-order valence-corrected chi connectivity index (χ1v) is 8.34. The van der Waals surface area contributed by atoms with Crippen LogP contribution in [0.5, 0.6) is 0 Å². The first-order chi connectivity index (χ1) is 9.56. The predicted molar refractivity (Wildman–Crippen MR) is 88.2 cm³/mol. The van der Waals surface area contributed by atoms with Crippen LogP contribution in [0.2, 0.25) is 0 Å². The molecular formula is C13H12Br2N2O2S. The molecule has 20 heavy (non-hydrogen) atoms. The van der Waals surface area contributed by atoms with E-state index in [0.29, 0.717) is 0 Å². The molecule has 1 heterocycles. The molecule has 0 unspecified atom stereocenters. The Labute approximate surface area is 137 Å². The molecule has 0 aliphatic carbocycles. The van der Waals surface area contributed by atoms with Gasteiger partial charge in [0.25, 0.3) is 5.69 Å². The van der Waals surface area contributed by atoms with Gasteiger partial charge in [-0.1, -0.05) is 12.1 Å². The van der Waals surface area contributed by atoms with E-state index < -0.39 is 0 Å². The van der Waals surface area contributed by atoms with E-state index in [1.54, 1.807) is 35.6 Å². The van der Waals surface area contributed by atoms with Crippen molar-refractivity contribution in [3.8, 4) is 0 Å². The number of halogens is 2. The zero-order valence-electron chi connectivity index (χ0n) is 10.4. The van der Waals surface area contributed by atoms with E-state index in [4.69, 9.17) is 0 Å². The second-order valence-corrected chi connectivity index (χ2v) is 7.49. The van der Waals surface area contributed by atoms with Crippen LogP contribution in [0.3, 0.4) is 0 Å². The normalized spacial score (nSPS) is 10.7. The van der Waals surface area contributed by atoms with Gasteiger partial charge < -0.3 is 5.32 Å². The lowest BCUT2D eigenvalue weighted by molar-refractivity contribution is -0.384. The van der Waals surface area contributed by atoms with Gasteiger partial charge in [0, 0.05) is 28.0 Å². The molecule has 7 heteroatoms. The van der Waals surface area contributed by atoms with Crippen LogP contribution in [0, 0.1) is 10.1 Å². The smallest absolute Gasteiger partial charge is 0.269 e. The van der Waals surface area contributed by atoms with E-state index in [0.717, 1.165) is 33.3 Å². The van der Waals surface area contributed by atoms with Crippen molar-refractivity contribution >= 4 is 48.9 Å². The molecule has 0 fully saturated rings. The second kappa shape index (κ2) is 7.31. The molecule has 4 nitrogen and oxygen atoms in total. The lowest BCUT2D eigenvalue weighted by atomic mass is 10.1. The van der Waals surface area contributed by atoms with E-state index in [-0.39, 0.29) is 10.6 Å². The summed E-state index contributed by atoms with van der Waals surface area (Å²) in [7, 11) is 0. The van der Waals surface area contributed by atoms with Gasteiger partial charge >= 0.3 is 0 Å². The number of nitrogens with zero attached hydrogens (tertiary/aromatic N) is 1. The maximum absolute atomic E-state index is 10.5. The molecule has 1 aromatic heterocycles. The number of nitro benzene ring substituents is 1. The number of non-ortho nitro benzene ring substituents is 1. The highest BCUT2D eigenvalue weighted by atomic mass is 79.9. The highest BCUT2D eigenvalue weighted by molar-refractivity contribution is 9.13. The van der Waals surface area contributed by atoms with Crippen molar-refractivity contribution in [1.82, 2.24) is 5.32 Å². The molecule has 0 bridgehead atoms. The summed E-state index contributed by atoms with van der Waals surface area (Å²) in [6.07, 6.45) is 0.853. The van der Waals surface area contributed by atoms with Crippen LogP contribution < -0.4 is 5.32 Å². The number of thiophene rings is 1. The Morgan fingerprint density at radius 1 is 1.25 bits per heavy atom. The predicted octanol–water partition coefficient (Wildman–Crippen LogP) is 4.51. The Kier molecular flexibility index (Phi) is 5.71. The minimum Gasteiger partial charge on any atom is -0.312 e. The largest absolute Gasteiger partial charge is 0.312 e. The maximum Gasteiger partial charge on any atom is 0.269 e. The van der Waals surface area contributed by atoms with Gasteiger partial charge in [0.15, 0.2) is 0 Å². The van der Waals surface area contributed by atoms with Crippen molar-refractivity contribution in [2.24, 2.45) is 0 Å². The molecule has 106 valence electrons. The van der Waals surface area contributed by atoms with Crippen LogP contribution in [0.1, 0.15) is 10.4 Å². The molecule has 0 radical (unpaired) electrons. The molecule has 1 aromatic carbocycles. The fourth-order valence-electron chi connectivity index (χ4n) is 1.71. The highest BCUT2D eigenvalue weighted by Crippen LogP contribution is 2.32. The lowest BCUT2D eigenvalue weighted by Crippen LogP contribution is -2.15. The summed E-state index contributed by atoms with van der Waals surface area (Å²) >= 11 is 8.63. The minimum absolute atomic E-state index is 0.134. The molecule has 0 spiro atoms. The molecule has 2 rings (SSSR count). The van der Waals surface area contributed by atoms with Crippen LogP contribution >= 0.6 is 43.2 Å². The van der Waals surface area contributed by atoms with Gasteiger partial charge in [-0.25, -0.2) is 0 Å². The Morgan fingerprint density at radius 2 is 1.95 bits per heavy atom. The maximum atomic E-state index is 10.5. The van der Waals surface area contributed by atoms with Gasteiger partial charge in [-0.3, -0.25) is 10.1 Å². The summed E-state index contributed by atoms with van der Waals surface area (Å²) in [6.45, 7) is 1.66. The molecule has 0 atom stereocenters. The van der Waals surface area contributed by atoms with Gasteiger partial charge in [0.1, 0.15) is 0 Å². The molecule has 0 aliphatic rings. The van der Waals surface area contributed by atoms with Crippen molar-refractivity contribution in [1.29, 1.82) is 0 Å². The molecule has 2 aromatic rings. The summed E-state index contributed by atoms with van der Waals surface area (Å²) in [5.41, 5.74) is 1.23. The number of rotatable bonds is 6. The van der Waals surface area contributed by atoms with Gasteiger partial charge in [-0.05, 0) is 56.5 Å². The minimum atomic E-state index is -0.380. The fourth-order valence-corrected chi connectivity index (χ4v) is 3.85. The van der Waals surface area contributed by atoms with Gasteiger partial charge in [0.05, 0.1) is 8.71 Å². The van der Waals surface area contributed by atoms with Crippen LogP contribution in [0.4, 0.5) is 5.69 Å². The number of nitrogens with one attached hydrogen (secondary N) is 1. The van der Waals surface area contributed by atoms with Crippen LogP contribution in [-0.2, 0) is 13.0 Å². The summed E-state index contributed by atoms with van der Waals surface area (Å²) in [4.78, 5) is 11.4. The number of benzene rings is 1. The van der Waals surface area contributed by atoms with Gasteiger partial charge in [-0.2, -0.15) is 0 Å². The second-order valence-electron chi connectivity index (χ2n) is 4.18. The Hall–Kier alpha value is -0.760. The number of hydrogen-bond donors (Lipinski definition) is 1. The molecular weight excluding hydrogens is 408 g/mol. The molecule has 0 amide bonds. The van der Waals surface area contributed by atoms with E-state index in [1.807, 2.05) is 0 Å². The summed E-state index contributed by atoms with van der Waals surface area (Å²) in [5, 5.41) is 13.9. The summed E-state index contributed by atoms with van der Waals surface area (Å²) in [6, 6.07) is 8.79. The summed E-state index contributed by atoms with van der Waals surface area (Å²) in [5.74, 6) is 0. The average Bonchev–Trinajstić information content (AvgIpc) is 2.74. The van der Waals surface area contributed by atoms with Crippen LogP contribution in [-0.4, -0.2) is 11.5 Å². The first kappa shape index (κ1) is 15.6. The molecule has 0 saturated carbocycles. The lowest BCUT2D eigenvalue weighted by Gasteiger charge is -2.03. The van der Waals surface area contributed by atoms with Gasteiger partial charge in [-0.15, -0.1) is 11.3 Å². The van der Waals surface area contributed by atoms with E-state index in [2.05, 4.69) is 43.2 Å². The van der Waals surface area contributed by atoms with Crippen LogP contribution in [0.25, 0.3) is 0 Å². The topological polar surface area (TPSA) is 55.2 Å². The van der Waals surface area contributed by atoms with Crippen molar-refractivity contribution in [3.05, 3.63) is 59.1 Å². The third kappa shape index (κ3) is 4.37. The number of nitro groups is 1. The third-order valence-electron chi connectivity index (χ3n) is 2.73. The average molecular weight is 420 g/mol. The zero-order chi connectivity index (χ0) is 14.5. The quantitative estimate of drug-likeness (QED) is 0.425. The Balaban J connectivity index is 1.77. The molecule has 0 saturated heterocycles. The molecule has 0 aliphatic heterocycles. The Morgan fingerprint density at radius 3 is 2.50 bits per heavy atom. The van der Waals surface area contributed by atoms with Crippen molar-refractivity contribution in [2.45, 2.75) is 13.0 Å². The monoisotopic (exact) mass is 418 g/mol. The zero-order valence-corrected chi connectivity index (χ0v) is 14.4. The van der Waals surface area contributed by atoms with Crippen molar-refractivity contribution in [2.75, 3.05) is 6.54 Å². The van der Waals surface area contributed by atoms with E-state index in [1.165, 1.54) is 4.88 Å². The SMILES string of the molecule is O=[N+]([O-])c1ccc(CCNCc2cc(Br)c(Br)s2)cc1.